The van der Waals surface area contributed by atoms with Crippen LogP contribution >= 0.6 is 0 Å². The van der Waals surface area contributed by atoms with Crippen LogP contribution in [-0.2, 0) is 12.8 Å². The Balaban J connectivity index is 1.94. The van der Waals surface area contributed by atoms with Gasteiger partial charge in [-0.3, -0.25) is 4.79 Å². The summed E-state index contributed by atoms with van der Waals surface area (Å²) in [7, 11) is 0. The zero-order valence-electron chi connectivity index (χ0n) is 10.8. The summed E-state index contributed by atoms with van der Waals surface area (Å²) in [6, 6.07) is 2.14. The fourth-order valence-corrected chi connectivity index (χ4v) is 3.07. The first-order chi connectivity index (χ1) is 8.84. The Labute approximate surface area is 107 Å². The molecule has 4 heteroatoms. The third kappa shape index (κ3) is 2.34. The molecule has 1 aliphatic heterocycles. The summed E-state index contributed by atoms with van der Waals surface area (Å²) in [5.74, 6) is 0. The first-order valence-electron chi connectivity index (χ1n) is 7.17. The maximum Gasteiger partial charge on any atom is 0.267 e. The van der Waals surface area contributed by atoms with Crippen molar-refractivity contribution in [1.29, 1.82) is 0 Å². The van der Waals surface area contributed by atoms with Gasteiger partial charge in [-0.15, -0.1) is 0 Å². The summed E-state index contributed by atoms with van der Waals surface area (Å²) in [6.07, 6.45) is 7.79. The summed E-state index contributed by atoms with van der Waals surface area (Å²) >= 11 is 0. The van der Waals surface area contributed by atoms with Crippen molar-refractivity contribution in [2.24, 2.45) is 0 Å². The highest BCUT2D eigenvalue weighted by Crippen LogP contribution is 2.20. The van der Waals surface area contributed by atoms with Gasteiger partial charge in [0.2, 0.25) is 0 Å². The van der Waals surface area contributed by atoms with Crippen molar-refractivity contribution in [1.82, 2.24) is 15.1 Å². The zero-order chi connectivity index (χ0) is 12.4. The number of nitrogens with one attached hydrogen (secondary N) is 1. The number of hydrogen-bond donors (Lipinski definition) is 1. The van der Waals surface area contributed by atoms with Crippen LogP contribution in [-0.4, -0.2) is 22.9 Å². The van der Waals surface area contributed by atoms with Gasteiger partial charge in [-0.2, -0.15) is 5.10 Å². The summed E-state index contributed by atoms with van der Waals surface area (Å²) < 4.78 is 1.75. The largest absolute Gasteiger partial charge is 0.317 e. The molecule has 0 saturated carbocycles. The average molecular weight is 247 g/mol. The number of hydrogen-bond acceptors (Lipinski definition) is 3. The lowest BCUT2D eigenvalue weighted by Gasteiger charge is -2.24. The first-order valence-corrected chi connectivity index (χ1v) is 7.17. The minimum absolute atomic E-state index is 0.0996. The second-order valence-corrected chi connectivity index (χ2v) is 5.44. The molecule has 0 spiro atoms. The highest BCUT2D eigenvalue weighted by molar-refractivity contribution is 5.19. The van der Waals surface area contributed by atoms with E-state index in [1.807, 2.05) is 6.07 Å². The average Bonchev–Trinajstić information content (AvgIpc) is 2.63. The lowest BCUT2D eigenvalue weighted by Crippen LogP contribution is -2.36. The van der Waals surface area contributed by atoms with Gasteiger partial charge in [0.15, 0.2) is 0 Å². The van der Waals surface area contributed by atoms with Crippen LogP contribution in [0.5, 0.6) is 0 Å². The lowest BCUT2D eigenvalue weighted by molar-refractivity contribution is 0.328. The molecule has 1 aromatic heterocycles. The predicted octanol–water partition coefficient (Wildman–Crippen LogP) is 1.44. The van der Waals surface area contributed by atoms with Crippen molar-refractivity contribution in [3.8, 4) is 0 Å². The molecule has 1 aliphatic carbocycles. The Kier molecular flexibility index (Phi) is 3.46. The molecule has 18 heavy (non-hydrogen) atoms. The van der Waals surface area contributed by atoms with Crippen molar-refractivity contribution < 1.29 is 0 Å². The molecule has 1 aromatic rings. The fraction of sp³-hybridized carbons (Fsp3) is 0.714. The number of rotatable bonds is 1. The van der Waals surface area contributed by atoms with Crippen molar-refractivity contribution >= 4 is 0 Å². The third-order valence-corrected chi connectivity index (χ3v) is 4.14. The molecule has 1 fully saturated rings. The molecule has 0 radical (unpaired) electrons. The minimum atomic E-state index is 0.0996. The molecule has 0 aromatic carbocycles. The Bertz CT molecular complexity index is 474. The molecule has 1 N–H and O–H groups in total. The second-order valence-electron chi connectivity index (χ2n) is 5.44. The van der Waals surface area contributed by atoms with Crippen LogP contribution in [0.4, 0.5) is 0 Å². The van der Waals surface area contributed by atoms with Crippen LogP contribution in [0.1, 0.15) is 49.4 Å². The van der Waals surface area contributed by atoms with E-state index in [4.69, 9.17) is 0 Å². The van der Waals surface area contributed by atoms with Crippen molar-refractivity contribution in [2.75, 3.05) is 13.1 Å². The minimum Gasteiger partial charge on any atom is -0.317 e. The molecule has 98 valence electrons. The normalized spacial score (nSPS) is 21.3. The number of nitrogens with zero attached hydrogens (tertiary/aromatic N) is 2. The molecule has 0 bridgehead atoms. The molecular weight excluding hydrogens is 226 g/mol. The second kappa shape index (κ2) is 5.22. The van der Waals surface area contributed by atoms with Crippen LogP contribution in [0.2, 0.25) is 0 Å². The Morgan fingerprint density at radius 1 is 1.17 bits per heavy atom. The molecule has 2 aliphatic rings. The SMILES string of the molecule is O=c1cc2c(nn1C1CCNCC1)CCCCC2. The van der Waals surface area contributed by atoms with E-state index in [0.29, 0.717) is 6.04 Å². The van der Waals surface area contributed by atoms with Gasteiger partial charge < -0.3 is 5.32 Å². The molecule has 1 saturated heterocycles. The monoisotopic (exact) mass is 247 g/mol. The standard InChI is InChI=1S/C14H21N3O/c18-14-10-11-4-2-1-3-5-13(11)16-17(14)12-6-8-15-9-7-12/h10,12,15H,1-9H2. The van der Waals surface area contributed by atoms with Gasteiger partial charge in [-0.25, -0.2) is 4.68 Å². The molecule has 3 rings (SSSR count). The van der Waals surface area contributed by atoms with Crippen molar-refractivity contribution in [3.05, 3.63) is 27.7 Å². The topological polar surface area (TPSA) is 46.9 Å². The van der Waals surface area contributed by atoms with Gasteiger partial charge in [0.1, 0.15) is 0 Å². The Morgan fingerprint density at radius 2 is 1.94 bits per heavy atom. The van der Waals surface area contributed by atoms with E-state index < -0.39 is 0 Å². The number of aryl methyl sites for hydroxylation is 2. The van der Waals surface area contributed by atoms with Gasteiger partial charge in [0.05, 0.1) is 11.7 Å². The van der Waals surface area contributed by atoms with Gasteiger partial charge in [0.25, 0.3) is 5.56 Å². The Hall–Kier alpha value is -1.16. The quantitative estimate of drug-likeness (QED) is 0.764. The first kappa shape index (κ1) is 11.9. The van der Waals surface area contributed by atoms with Crippen LogP contribution < -0.4 is 10.9 Å². The molecule has 2 heterocycles. The number of piperidine rings is 1. The van der Waals surface area contributed by atoms with Crippen LogP contribution in [0.25, 0.3) is 0 Å². The summed E-state index contributed by atoms with van der Waals surface area (Å²) in [5, 5.41) is 8.01. The molecule has 4 nitrogen and oxygen atoms in total. The van der Waals surface area contributed by atoms with E-state index >= 15 is 0 Å². The molecular formula is C14H21N3O. The number of aromatic nitrogens is 2. The zero-order valence-corrected chi connectivity index (χ0v) is 10.8. The van der Waals surface area contributed by atoms with E-state index in [2.05, 4.69) is 10.4 Å². The highest BCUT2D eigenvalue weighted by Gasteiger charge is 2.19. The molecule has 0 unspecified atom stereocenters. The van der Waals surface area contributed by atoms with Gasteiger partial charge >= 0.3 is 0 Å². The summed E-state index contributed by atoms with van der Waals surface area (Å²) in [5.41, 5.74) is 2.47. The smallest absolute Gasteiger partial charge is 0.267 e. The van der Waals surface area contributed by atoms with Crippen LogP contribution in [0.15, 0.2) is 10.9 Å². The van der Waals surface area contributed by atoms with Gasteiger partial charge in [-0.1, -0.05) is 6.42 Å². The van der Waals surface area contributed by atoms with Crippen LogP contribution in [0.3, 0.4) is 0 Å². The van der Waals surface area contributed by atoms with Crippen molar-refractivity contribution in [2.45, 2.75) is 51.0 Å². The predicted molar refractivity (Wildman–Crippen MR) is 70.9 cm³/mol. The third-order valence-electron chi connectivity index (χ3n) is 4.14. The summed E-state index contributed by atoms with van der Waals surface area (Å²) in [4.78, 5) is 12.2. The van der Waals surface area contributed by atoms with Gasteiger partial charge in [0, 0.05) is 6.07 Å². The highest BCUT2D eigenvalue weighted by atomic mass is 16.1. The Morgan fingerprint density at radius 3 is 2.78 bits per heavy atom. The number of fused-ring (bicyclic) bond motifs is 1. The van der Waals surface area contributed by atoms with Crippen LogP contribution in [0, 0.1) is 0 Å². The van der Waals surface area contributed by atoms with Crippen molar-refractivity contribution in [3.63, 3.8) is 0 Å². The maximum absolute atomic E-state index is 12.2. The van der Waals surface area contributed by atoms with Gasteiger partial charge in [-0.05, 0) is 57.2 Å². The molecule has 0 atom stereocenters. The fourth-order valence-electron chi connectivity index (χ4n) is 3.07. The van der Waals surface area contributed by atoms with E-state index in [1.165, 1.54) is 30.5 Å². The van der Waals surface area contributed by atoms with E-state index in [1.54, 1.807) is 4.68 Å². The maximum atomic E-state index is 12.2. The van der Waals surface area contributed by atoms with E-state index in [-0.39, 0.29) is 5.56 Å². The lowest BCUT2D eigenvalue weighted by atomic mass is 10.1. The van der Waals surface area contributed by atoms with E-state index in [0.717, 1.165) is 38.8 Å². The molecule has 0 amide bonds. The van der Waals surface area contributed by atoms with E-state index in [9.17, 15) is 4.79 Å². The summed E-state index contributed by atoms with van der Waals surface area (Å²) in [6.45, 7) is 1.99.